The summed E-state index contributed by atoms with van der Waals surface area (Å²) in [6, 6.07) is 5.39. The van der Waals surface area contributed by atoms with Gasteiger partial charge < -0.3 is 35.4 Å². The second-order valence-electron chi connectivity index (χ2n) is 10.6. The van der Waals surface area contributed by atoms with Gasteiger partial charge in [-0.1, -0.05) is 37.8 Å². The van der Waals surface area contributed by atoms with E-state index in [0.29, 0.717) is 30.0 Å². The second kappa shape index (κ2) is 18.4. The van der Waals surface area contributed by atoms with Crippen molar-refractivity contribution in [2.45, 2.75) is 65.5 Å². The smallest absolute Gasteiger partial charge is 0.331 e. The van der Waals surface area contributed by atoms with Gasteiger partial charge in [0.05, 0.1) is 36.5 Å². The summed E-state index contributed by atoms with van der Waals surface area (Å²) in [5, 5.41) is 17.9. The lowest BCUT2D eigenvalue weighted by Crippen LogP contribution is -2.50. The van der Waals surface area contributed by atoms with E-state index in [-0.39, 0.29) is 42.8 Å². The highest BCUT2D eigenvalue weighted by Gasteiger charge is 2.26. The van der Waals surface area contributed by atoms with Crippen LogP contribution in [0.25, 0.3) is 0 Å². The van der Waals surface area contributed by atoms with E-state index in [2.05, 4.69) is 22.5 Å². The molecule has 0 aliphatic rings. The Morgan fingerprint density at radius 2 is 1.91 bits per heavy atom. The number of hydrogen-bond acceptors (Lipinski definition) is 6. The molecule has 0 aliphatic carbocycles. The number of benzene rings is 1. The molecule has 0 fully saturated rings. The maximum Gasteiger partial charge on any atom is 0.331 e. The SMILES string of the molecule is C=C/C(=C\CC(C)(COC)NC(=O)Nc1ccccc1F)CC(=O)N(C)CCO/C(C)=C(/C=C(\C)C(=O)O)NC(C)CC. The zero-order valence-electron chi connectivity index (χ0n) is 26.4. The summed E-state index contributed by atoms with van der Waals surface area (Å²) in [4.78, 5) is 38.4. The summed E-state index contributed by atoms with van der Waals surface area (Å²) < 4.78 is 25.1. The van der Waals surface area contributed by atoms with E-state index in [0.717, 1.165) is 6.42 Å². The van der Waals surface area contributed by atoms with Gasteiger partial charge in [0.25, 0.3) is 0 Å². The van der Waals surface area contributed by atoms with Gasteiger partial charge in [0.2, 0.25) is 5.91 Å². The van der Waals surface area contributed by atoms with Crippen LogP contribution in [0.3, 0.4) is 0 Å². The molecule has 43 heavy (non-hydrogen) atoms. The summed E-state index contributed by atoms with van der Waals surface area (Å²) in [6.07, 6.45) is 6.19. The van der Waals surface area contributed by atoms with E-state index in [4.69, 9.17) is 9.47 Å². The highest BCUT2D eigenvalue weighted by atomic mass is 19.1. The Hall–Kier alpha value is -4.12. The molecule has 3 amide bonds. The lowest BCUT2D eigenvalue weighted by molar-refractivity contribution is -0.132. The number of para-hydroxylation sites is 1. The molecule has 4 N–H and O–H groups in total. The van der Waals surface area contributed by atoms with Gasteiger partial charge in [-0.05, 0) is 64.3 Å². The highest BCUT2D eigenvalue weighted by molar-refractivity contribution is 5.90. The van der Waals surface area contributed by atoms with Crippen LogP contribution in [-0.2, 0) is 19.1 Å². The van der Waals surface area contributed by atoms with E-state index in [1.54, 1.807) is 37.9 Å². The average Bonchev–Trinajstić information content (AvgIpc) is 2.95. The number of nitrogens with one attached hydrogen (secondary N) is 3. The van der Waals surface area contributed by atoms with Crippen molar-refractivity contribution >= 4 is 23.6 Å². The van der Waals surface area contributed by atoms with Gasteiger partial charge in [-0.15, -0.1) is 0 Å². The van der Waals surface area contributed by atoms with Crippen LogP contribution in [0.2, 0.25) is 0 Å². The quantitative estimate of drug-likeness (QED) is 0.101. The van der Waals surface area contributed by atoms with Crippen LogP contribution in [0.5, 0.6) is 0 Å². The topological polar surface area (TPSA) is 129 Å². The third kappa shape index (κ3) is 13.6. The first-order valence-electron chi connectivity index (χ1n) is 14.1. The summed E-state index contributed by atoms with van der Waals surface area (Å²) in [7, 11) is 3.18. The van der Waals surface area contributed by atoms with E-state index in [1.165, 1.54) is 38.3 Å². The van der Waals surface area contributed by atoms with Gasteiger partial charge in [0, 0.05) is 25.8 Å². The molecule has 238 valence electrons. The van der Waals surface area contributed by atoms with Crippen molar-refractivity contribution in [3.05, 3.63) is 77.5 Å². The van der Waals surface area contributed by atoms with Crippen LogP contribution in [0.4, 0.5) is 14.9 Å². The summed E-state index contributed by atoms with van der Waals surface area (Å²) in [6.45, 7) is 13.6. The molecule has 0 heterocycles. The molecule has 0 bridgehead atoms. The van der Waals surface area contributed by atoms with Crippen LogP contribution in [0.15, 0.2) is 71.7 Å². The van der Waals surface area contributed by atoms with Gasteiger partial charge in [0.15, 0.2) is 0 Å². The number of aliphatic carboxylic acids is 1. The number of methoxy groups -OCH3 is 1. The summed E-state index contributed by atoms with van der Waals surface area (Å²) in [5.74, 6) is -1.20. The Morgan fingerprint density at radius 1 is 1.23 bits per heavy atom. The van der Waals surface area contributed by atoms with E-state index < -0.39 is 23.4 Å². The number of allylic oxidation sites excluding steroid dienone is 3. The summed E-state index contributed by atoms with van der Waals surface area (Å²) >= 11 is 0. The predicted molar refractivity (Wildman–Crippen MR) is 167 cm³/mol. The minimum atomic E-state index is -1.02. The minimum Gasteiger partial charge on any atom is -0.494 e. The lowest BCUT2D eigenvalue weighted by Gasteiger charge is -2.29. The molecule has 0 aliphatic heterocycles. The molecule has 11 heteroatoms. The van der Waals surface area contributed by atoms with Crippen molar-refractivity contribution in [1.82, 2.24) is 15.5 Å². The number of likely N-dealkylation sites (N-methyl/N-ethyl adjacent to an activating group) is 1. The third-order valence-electron chi connectivity index (χ3n) is 6.70. The molecule has 1 rings (SSSR count). The maximum absolute atomic E-state index is 13.9. The van der Waals surface area contributed by atoms with Crippen LogP contribution in [-0.4, -0.2) is 73.4 Å². The molecular weight excluding hydrogens is 555 g/mol. The minimum absolute atomic E-state index is 0.0558. The number of carboxylic acid groups (broad SMARTS) is 1. The molecule has 0 radical (unpaired) electrons. The largest absolute Gasteiger partial charge is 0.494 e. The van der Waals surface area contributed by atoms with Gasteiger partial charge in [-0.25, -0.2) is 14.0 Å². The number of halogens is 1. The third-order valence-corrected chi connectivity index (χ3v) is 6.70. The number of anilines is 1. The van der Waals surface area contributed by atoms with Crippen LogP contribution < -0.4 is 16.0 Å². The Kier molecular flexibility index (Phi) is 15.8. The first-order chi connectivity index (χ1) is 20.2. The average molecular weight is 603 g/mol. The predicted octanol–water partition coefficient (Wildman–Crippen LogP) is 5.37. The van der Waals surface area contributed by atoms with Crippen LogP contribution in [0, 0.1) is 5.82 Å². The molecule has 10 nitrogen and oxygen atoms in total. The van der Waals surface area contributed by atoms with Crippen molar-refractivity contribution in [3.8, 4) is 0 Å². The van der Waals surface area contributed by atoms with Crippen molar-refractivity contribution < 1.29 is 33.4 Å². The van der Waals surface area contributed by atoms with E-state index in [1.807, 2.05) is 19.9 Å². The first-order valence-corrected chi connectivity index (χ1v) is 14.1. The molecule has 0 aromatic heterocycles. The number of ether oxygens (including phenoxy) is 2. The number of hydrogen-bond donors (Lipinski definition) is 4. The second-order valence-corrected chi connectivity index (χ2v) is 10.6. The van der Waals surface area contributed by atoms with E-state index >= 15 is 0 Å². The fraction of sp³-hybridized carbons (Fsp3) is 0.469. The highest BCUT2D eigenvalue weighted by Crippen LogP contribution is 2.18. The molecule has 0 spiro atoms. The molecular formula is C32H47FN4O6. The van der Waals surface area contributed by atoms with Crippen molar-refractivity contribution in [2.75, 3.05) is 39.2 Å². The molecule has 0 saturated carbocycles. The fourth-order valence-corrected chi connectivity index (χ4v) is 3.78. The number of carbonyl (C=O) groups excluding carboxylic acids is 2. The molecule has 1 aromatic carbocycles. The molecule has 2 unspecified atom stereocenters. The number of urea groups is 1. The van der Waals surface area contributed by atoms with Gasteiger partial charge in [-0.2, -0.15) is 0 Å². The lowest BCUT2D eigenvalue weighted by atomic mass is 9.96. The van der Waals surface area contributed by atoms with Gasteiger partial charge in [-0.3, -0.25) is 4.79 Å². The Labute approximate surface area is 254 Å². The first kappa shape index (κ1) is 36.9. The maximum atomic E-state index is 13.9. The zero-order chi connectivity index (χ0) is 32.6. The van der Waals surface area contributed by atoms with Crippen LogP contribution >= 0.6 is 0 Å². The fourth-order valence-electron chi connectivity index (χ4n) is 3.78. The summed E-state index contributed by atoms with van der Waals surface area (Å²) in [5.41, 5.74) is 0.629. The monoisotopic (exact) mass is 602 g/mol. The van der Waals surface area contributed by atoms with E-state index in [9.17, 15) is 23.9 Å². The van der Waals surface area contributed by atoms with Crippen molar-refractivity contribution in [2.24, 2.45) is 0 Å². The standard InChI is InChI=1S/C32H47FN4O6/c1-9-23(4)34-28(19-22(3)30(39)40)24(5)43-18-17-37(7)29(38)20-25(10-2)15-16-32(6,21-42-8)36-31(41)35-27-14-12-11-13-26(27)33/h10-15,19,23,34H,2,9,16-18,20-21H2,1,3-8H3,(H,39,40)(H2,35,36,41)/b22-19+,25-15+,28-24-. The number of amides is 3. The number of carboxylic acids is 1. The number of nitrogens with zero attached hydrogens (tertiary/aromatic N) is 1. The number of rotatable bonds is 18. The molecule has 0 saturated heterocycles. The van der Waals surface area contributed by atoms with Crippen LogP contribution in [0.1, 0.15) is 53.9 Å². The molecule has 2 atom stereocenters. The zero-order valence-corrected chi connectivity index (χ0v) is 26.4. The Morgan fingerprint density at radius 3 is 2.49 bits per heavy atom. The Balaban J connectivity index is 2.82. The van der Waals surface area contributed by atoms with Gasteiger partial charge in [0.1, 0.15) is 18.2 Å². The Bertz CT molecular complexity index is 1210. The molecule has 1 aromatic rings. The van der Waals surface area contributed by atoms with Crippen molar-refractivity contribution in [1.29, 1.82) is 0 Å². The normalized spacial score (nSPS) is 14.5. The van der Waals surface area contributed by atoms with Crippen molar-refractivity contribution in [3.63, 3.8) is 0 Å². The van der Waals surface area contributed by atoms with Gasteiger partial charge >= 0.3 is 12.0 Å². The number of carbonyl (C=O) groups is 3.